The van der Waals surface area contributed by atoms with E-state index < -0.39 is 10.0 Å². The Bertz CT molecular complexity index is 513. The summed E-state index contributed by atoms with van der Waals surface area (Å²) in [5.74, 6) is 0.693. The maximum Gasteiger partial charge on any atom is 0.243 e. The van der Waals surface area contributed by atoms with Gasteiger partial charge in [0.25, 0.3) is 0 Å². The van der Waals surface area contributed by atoms with E-state index in [9.17, 15) is 8.42 Å². The molecule has 0 bridgehead atoms. The van der Waals surface area contributed by atoms with Gasteiger partial charge in [-0.3, -0.25) is 0 Å². The first kappa shape index (κ1) is 14.3. The van der Waals surface area contributed by atoms with E-state index in [-0.39, 0.29) is 6.04 Å². The van der Waals surface area contributed by atoms with Crippen LogP contribution in [0.2, 0.25) is 0 Å². The highest BCUT2D eigenvalue weighted by Crippen LogP contribution is 2.22. The van der Waals surface area contributed by atoms with E-state index in [0.29, 0.717) is 30.3 Å². The Hall–Kier alpha value is -1.11. The van der Waals surface area contributed by atoms with Crippen molar-refractivity contribution >= 4 is 10.0 Å². The molecule has 0 spiro atoms. The van der Waals surface area contributed by atoms with Gasteiger partial charge >= 0.3 is 0 Å². The van der Waals surface area contributed by atoms with Crippen LogP contribution in [-0.2, 0) is 10.0 Å². The Morgan fingerprint density at radius 1 is 1.37 bits per heavy atom. The van der Waals surface area contributed by atoms with Crippen LogP contribution in [0.25, 0.3) is 0 Å². The Morgan fingerprint density at radius 3 is 2.58 bits per heavy atom. The van der Waals surface area contributed by atoms with Crippen LogP contribution in [-0.4, -0.2) is 38.5 Å². The highest BCUT2D eigenvalue weighted by Gasteiger charge is 2.30. The van der Waals surface area contributed by atoms with Crippen molar-refractivity contribution in [3.8, 4) is 5.75 Å². The fraction of sp³-hybridized carbons (Fsp3) is 0.538. The fourth-order valence-corrected chi connectivity index (χ4v) is 3.56. The summed E-state index contributed by atoms with van der Waals surface area (Å²) in [6, 6.07) is 6.51. The molecule has 1 heterocycles. The first-order valence-electron chi connectivity index (χ1n) is 6.52. The van der Waals surface area contributed by atoms with Gasteiger partial charge in [0.05, 0.1) is 11.5 Å². The van der Waals surface area contributed by atoms with E-state index in [1.54, 1.807) is 24.3 Å². The zero-order valence-corrected chi connectivity index (χ0v) is 11.9. The van der Waals surface area contributed by atoms with E-state index in [1.807, 2.05) is 6.92 Å². The number of nitrogens with two attached hydrogens (primary N) is 1. The molecule has 106 valence electrons. The van der Waals surface area contributed by atoms with Crippen molar-refractivity contribution in [2.45, 2.75) is 30.7 Å². The fourth-order valence-electron chi connectivity index (χ4n) is 2.05. The Morgan fingerprint density at radius 2 is 2.05 bits per heavy atom. The Balaban J connectivity index is 2.12. The normalized spacial score (nSPS) is 20.6. The molecular formula is C13H20N2O3S. The van der Waals surface area contributed by atoms with Gasteiger partial charge in [0.1, 0.15) is 5.75 Å². The number of nitrogens with zero attached hydrogens (tertiary/aromatic N) is 1. The zero-order valence-electron chi connectivity index (χ0n) is 11.1. The summed E-state index contributed by atoms with van der Waals surface area (Å²) < 4.78 is 31.6. The van der Waals surface area contributed by atoms with Crippen molar-refractivity contribution < 1.29 is 13.2 Å². The predicted octanol–water partition coefficient (Wildman–Crippen LogP) is 1.20. The summed E-state index contributed by atoms with van der Waals surface area (Å²) in [5, 5.41) is 0. The molecule has 5 nitrogen and oxygen atoms in total. The molecule has 1 aliphatic rings. The van der Waals surface area contributed by atoms with Crippen molar-refractivity contribution in [2.24, 2.45) is 5.73 Å². The molecule has 19 heavy (non-hydrogen) atoms. The average molecular weight is 284 g/mol. The molecule has 0 amide bonds. The van der Waals surface area contributed by atoms with Crippen molar-refractivity contribution in [3.63, 3.8) is 0 Å². The van der Waals surface area contributed by atoms with Gasteiger partial charge < -0.3 is 10.5 Å². The monoisotopic (exact) mass is 284 g/mol. The molecule has 1 atom stereocenters. The van der Waals surface area contributed by atoms with Crippen LogP contribution < -0.4 is 10.5 Å². The summed E-state index contributed by atoms with van der Waals surface area (Å²) in [7, 11) is -3.41. The molecule has 1 fully saturated rings. The molecule has 2 rings (SSSR count). The first-order valence-corrected chi connectivity index (χ1v) is 7.96. The molecule has 0 saturated carbocycles. The first-order chi connectivity index (χ1) is 9.04. The van der Waals surface area contributed by atoms with Gasteiger partial charge in [0.15, 0.2) is 0 Å². The SMILES string of the molecule is CCCOc1ccc(S(=O)(=O)N2CCC(N)C2)cc1. The van der Waals surface area contributed by atoms with Gasteiger partial charge in [-0.2, -0.15) is 4.31 Å². The maximum atomic E-state index is 12.3. The molecule has 1 aromatic carbocycles. The van der Waals surface area contributed by atoms with Crippen molar-refractivity contribution in [1.82, 2.24) is 4.31 Å². The van der Waals surface area contributed by atoms with E-state index >= 15 is 0 Å². The molecule has 2 N–H and O–H groups in total. The molecule has 0 aliphatic carbocycles. The minimum absolute atomic E-state index is 0.0538. The van der Waals surface area contributed by atoms with Crippen LogP contribution in [0.15, 0.2) is 29.2 Å². The molecule has 1 saturated heterocycles. The van der Waals surface area contributed by atoms with Crippen LogP contribution in [0.4, 0.5) is 0 Å². The number of hydrogen-bond donors (Lipinski definition) is 1. The van der Waals surface area contributed by atoms with Gasteiger partial charge in [-0.1, -0.05) is 6.92 Å². The van der Waals surface area contributed by atoms with Crippen LogP contribution >= 0.6 is 0 Å². The number of benzene rings is 1. The second-order valence-electron chi connectivity index (χ2n) is 4.73. The van der Waals surface area contributed by atoms with Gasteiger partial charge in [-0.05, 0) is 37.1 Å². The minimum Gasteiger partial charge on any atom is -0.494 e. The van der Waals surface area contributed by atoms with E-state index in [1.165, 1.54) is 4.31 Å². The lowest BCUT2D eigenvalue weighted by molar-refractivity contribution is 0.317. The highest BCUT2D eigenvalue weighted by atomic mass is 32.2. The van der Waals surface area contributed by atoms with Crippen LogP contribution in [0, 0.1) is 0 Å². The second-order valence-corrected chi connectivity index (χ2v) is 6.67. The number of sulfonamides is 1. The van der Waals surface area contributed by atoms with Crippen molar-refractivity contribution in [2.75, 3.05) is 19.7 Å². The lowest BCUT2D eigenvalue weighted by Crippen LogP contribution is -2.31. The average Bonchev–Trinajstić information content (AvgIpc) is 2.84. The smallest absolute Gasteiger partial charge is 0.243 e. The van der Waals surface area contributed by atoms with Gasteiger partial charge in [-0.25, -0.2) is 8.42 Å². The van der Waals surface area contributed by atoms with Crippen molar-refractivity contribution in [3.05, 3.63) is 24.3 Å². The van der Waals surface area contributed by atoms with E-state index in [0.717, 1.165) is 12.8 Å². The third-order valence-corrected chi connectivity index (χ3v) is 5.00. The maximum absolute atomic E-state index is 12.3. The van der Waals surface area contributed by atoms with E-state index in [2.05, 4.69) is 0 Å². The van der Waals surface area contributed by atoms with Gasteiger partial charge in [0, 0.05) is 19.1 Å². The quantitative estimate of drug-likeness (QED) is 0.881. The lowest BCUT2D eigenvalue weighted by Gasteiger charge is -2.16. The topological polar surface area (TPSA) is 72.6 Å². The zero-order chi connectivity index (χ0) is 13.9. The van der Waals surface area contributed by atoms with Gasteiger partial charge in [0.2, 0.25) is 10.0 Å². The summed E-state index contributed by atoms with van der Waals surface area (Å²) in [5.41, 5.74) is 5.75. The Kier molecular flexibility index (Phi) is 4.44. The third-order valence-electron chi connectivity index (χ3n) is 3.12. The minimum atomic E-state index is -3.41. The van der Waals surface area contributed by atoms with Crippen molar-refractivity contribution in [1.29, 1.82) is 0 Å². The number of ether oxygens (including phenoxy) is 1. The summed E-state index contributed by atoms with van der Waals surface area (Å²) in [4.78, 5) is 0.297. The van der Waals surface area contributed by atoms with Crippen LogP contribution in [0.1, 0.15) is 19.8 Å². The summed E-state index contributed by atoms with van der Waals surface area (Å²) >= 11 is 0. The largest absolute Gasteiger partial charge is 0.494 e. The van der Waals surface area contributed by atoms with E-state index in [4.69, 9.17) is 10.5 Å². The lowest BCUT2D eigenvalue weighted by atomic mass is 10.3. The molecule has 1 aliphatic heterocycles. The Labute approximate surface area is 114 Å². The molecule has 1 unspecified atom stereocenters. The van der Waals surface area contributed by atoms with Crippen LogP contribution in [0.5, 0.6) is 5.75 Å². The highest BCUT2D eigenvalue weighted by molar-refractivity contribution is 7.89. The summed E-state index contributed by atoms with van der Waals surface area (Å²) in [6.07, 6.45) is 1.64. The number of rotatable bonds is 5. The van der Waals surface area contributed by atoms with Gasteiger partial charge in [-0.15, -0.1) is 0 Å². The number of hydrogen-bond acceptors (Lipinski definition) is 4. The summed E-state index contributed by atoms with van der Waals surface area (Å²) in [6.45, 7) is 3.55. The molecule has 0 aromatic heterocycles. The predicted molar refractivity (Wildman–Crippen MR) is 73.6 cm³/mol. The standard InChI is InChI=1S/C13H20N2O3S/c1-2-9-18-12-3-5-13(6-4-12)19(16,17)15-8-7-11(14)10-15/h3-6,11H,2,7-10,14H2,1H3. The molecule has 0 radical (unpaired) electrons. The third kappa shape index (κ3) is 3.26. The molecule has 6 heteroatoms. The van der Waals surface area contributed by atoms with Crippen LogP contribution in [0.3, 0.4) is 0 Å². The molecule has 1 aromatic rings. The molecular weight excluding hydrogens is 264 g/mol. The second kappa shape index (κ2) is 5.90.